The number of anilines is 1. The van der Waals surface area contributed by atoms with E-state index in [0.29, 0.717) is 11.4 Å². The number of sulfonamides is 1. The molecule has 0 spiro atoms. The molecule has 1 N–H and O–H groups in total. The van der Waals surface area contributed by atoms with Crippen molar-refractivity contribution in [2.75, 3.05) is 11.9 Å². The Kier molecular flexibility index (Phi) is 5.11. The summed E-state index contributed by atoms with van der Waals surface area (Å²) in [5.74, 6) is 0.332. The van der Waals surface area contributed by atoms with Crippen LogP contribution in [0.25, 0.3) is 0 Å². The van der Waals surface area contributed by atoms with Gasteiger partial charge in [0.25, 0.3) is 0 Å². The average molecular weight is 433 g/mol. The Bertz CT molecular complexity index is 1180. The summed E-state index contributed by atoms with van der Waals surface area (Å²) in [7, 11) is -3.57. The fraction of sp³-hybridized carbons (Fsp3) is 0.308. The SMILES string of the molecule is CCC1C2Nc3ccccc3C(c3ccccc3)C2CN1S(=O)(=O)c1ccc(C)cc1. The molecule has 2 aliphatic heterocycles. The Balaban J connectivity index is 1.60. The molecular formula is C26H28N2O2S. The van der Waals surface area contributed by atoms with Crippen molar-refractivity contribution in [1.82, 2.24) is 4.31 Å². The van der Waals surface area contributed by atoms with Gasteiger partial charge >= 0.3 is 0 Å². The largest absolute Gasteiger partial charge is 0.380 e. The smallest absolute Gasteiger partial charge is 0.243 e. The number of rotatable bonds is 4. The summed E-state index contributed by atoms with van der Waals surface area (Å²) in [6.45, 7) is 4.58. The van der Waals surface area contributed by atoms with Crippen molar-refractivity contribution in [1.29, 1.82) is 0 Å². The van der Waals surface area contributed by atoms with Crippen molar-refractivity contribution >= 4 is 15.7 Å². The van der Waals surface area contributed by atoms with Crippen LogP contribution in [0.2, 0.25) is 0 Å². The first-order valence-corrected chi connectivity index (χ1v) is 12.4. The van der Waals surface area contributed by atoms with Crippen molar-refractivity contribution in [3.8, 4) is 0 Å². The normalized spacial score (nSPS) is 25.5. The first kappa shape index (κ1) is 20.3. The van der Waals surface area contributed by atoms with Crippen LogP contribution in [-0.4, -0.2) is 31.4 Å². The maximum absolute atomic E-state index is 13.7. The molecule has 31 heavy (non-hydrogen) atoms. The van der Waals surface area contributed by atoms with E-state index in [9.17, 15) is 8.42 Å². The molecule has 4 unspecified atom stereocenters. The van der Waals surface area contributed by atoms with Gasteiger partial charge < -0.3 is 5.32 Å². The lowest BCUT2D eigenvalue weighted by atomic mass is 9.74. The third-order valence-electron chi connectivity index (χ3n) is 6.89. The van der Waals surface area contributed by atoms with Gasteiger partial charge in [-0.1, -0.05) is 73.2 Å². The molecule has 4 atom stereocenters. The van der Waals surface area contributed by atoms with Crippen molar-refractivity contribution in [2.45, 2.75) is 43.2 Å². The van der Waals surface area contributed by atoms with Gasteiger partial charge in [0.05, 0.1) is 4.90 Å². The molecule has 0 amide bonds. The summed E-state index contributed by atoms with van der Waals surface area (Å²) >= 11 is 0. The Hall–Kier alpha value is -2.63. The van der Waals surface area contributed by atoms with Gasteiger partial charge in [0.1, 0.15) is 0 Å². The molecule has 0 radical (unpaired) electrons. The van der Waals surface area contributed by atoms with Gasteiger partial charge in [-0.15, -0.1) is 0 Å². The van der Waals surface area contributed by atoms with Crippen LogP contribution in [0.4, 0.5) is 5.69 Å². The third kappa shape index (κ3) is 3.36. The van der Waals surface area contributed by atoms with Gasteiger partial charge in [0.15, 0.2) is 0 Å². The van der Waals surface area contributed by atoms with Gasteiger partial charge in [-0.25, -0.2) is 8.42 Å². The van der Waals surface area contributed by atoms with E-state index in [1.807, 2.05) is 31.2 Å². The monoisotopic (exact) mass is 432 g/mol. The van der Waals surface area contributed by atoms with E-state index in [1.54, 1.807) is 16.4 Å². The van der Waals surface area contributed by atoms with Crippen LogP contribution < -0.4 is 5.32 Å². The van der Waals surface area contributed by atoms with E-state index in [0.717, 1.165) is 17.7 Å². The molecule has 160 valence electrons. The first-order chi connectivity index (χ1) is 15.0. The minimum absolute atomic E-state index is 0.0744. The van der Waals surface area contributed by atoms with Crippen LogP contribution in [0.5, 0.6) is 0 Å². The molecule has 0 aliphatic carbocycles. The zero-order valence-corrected chi connectivity index (χ0v) is 18.7. The van der Waals surface area contributed by atoms with E-state index < -0.39 is 10.0 Å². The fourth-order valence-corrected chi connectivity index (χ4v) is 7.17. The molecule has 0 bridgehead atoms. The highest BCUT2D eigenvalue weighted by atomic mass is 32.2. The fourth-order valence-electron chi connectivity index (χ4n) is 5.41. The highest BCUT2D eigenvalue weighted by molar-refractivity contribution is 7.89. The summed E-state index contributed by atoms with van der Waals surface area (Å²) < 4.78 is 29.1. The van der Waals surface area contributed by atoms with E-state index in [4.69, 9.17) is 0 Å². The van der Waals surface area contributed by atoms with Crippen LogP contribution >= 0.6 is 0 Å². The number of fused-ring (bicyclic) bond motifs is 2. The third-order valence-corrected chi connectivity index (χ3v) is 8.79. The molecule has 0 saturated carbocycles. The first-order valence-electron chi connectivity index (χ1n) is 11.0. The van der Waals surface area contributed by atoms with Crippen LogP contribution in [0.1, 0.15) is 36.0 Å². The molecule has 2 heterocycles. The second-order valence-electron chi connectivity index (χ2n) is 8.67. The number of hydrogen-bond donors (Lipinski definition) is 1. The topological polar surface area (TPSA) is 49.4 Å². The van der Waals surface area contributed by atoms with E-state index in [2.05, 4.69) is 54.7 Å². The van der Waals surface area contributed by atoms with Crippen molar-refractivity contribution in [2.24, 2.45) is 5.92 Å². The zero-order chi connectivity index (χ0) is 21.6. The number of nitrogens with one attached hydrogen (secondary N) is 1. The maximum Gasteiger partial charge on any atom is 0.243 e. The summed E-state index contributed by atoms with van der Waals surface area (Å²) in [6.07, 6.45) is 0.767. The summed E-state index contributed by atoms with van der Waals surface area (Å²) in [6, 6.07) is 26.1. The second-order valence-corrected chi connectivity index (χ2v) is 10.6. The number of nitrogens with zero attached hydrogens (tertiary/aromatic N) is 1. The maximum atomic E-state index is 13.7. The lowest BCUT2D eigenvalue weighted by molar-refractivity contribution is 0.369. The van der Waals surface area contributed by atoms with E-state index in [-0.39, 0.29) is 23.9 Å². The van der Waals surface area contributed by atoms with Gasteiger partial charge in [-0.2, -0.15) is 4.31 Å². The molecule has 1 saturated heterocycles. The van der Waals surface area contributed by atoms with Crippen molar-refractivity contribution in [3.63, 3.8) is 0 Å². The van der Waals surface area contributed by atoms with Crippen LogP contribution in [0, 0.1) is 12.8 Å². The van der Waals surface area contributed by atoms with Crippen molar-refractivity contribution in [3.05, 3.63) is 95.6 Å². The number of aryl methyl sites for hydroxylation is 1. The molecule has 4 nitrogen and oxygen atoms in total. The van der Waals surface area contributed by atoms with Crippen LogP contribution in [-0.2, 0) is 10.0 Å². The summed E-state index contributed by atoms with van der Waals surface area (Å²) in [4.78, 5) is 0.379. The Morgan fingerprint density at radius 3 is 2.32 bits per heavy atom. The minimum atomic E-state index is -3.57. The highest BCUT2D eigenvalue weighted by Crippen LogP contribution is 2.48. The average Bonchev–Trinajstić information content (AvgIpc) is 3.17. The minimum Gasteiger partial charge on any atom is -0.380 e. The molecular weight excluding hydrogens is 404 g/mol. The Labute approximate surface area is 185 Å². The number of para-hydroxylation sites is 1. The molecule has 5 heteroatoms. The molecule has 3 aromatic rings. The van der Waals surface area contributed by atoms with Crippen LogP contribution in [0.15, 0.2) is 83.8 Å². The molecule has 5 rings (SSSR count). The molecule has 2 aliphatic rings. The van der Waals surface area contributed by atoms with Gasteiger partial charge in [-0.3, -0.25) is 0 Å². The van der Waals surface area contributed by atoms with E-state index >= 15 is 0 Å². The second kappa shape index (κ2) is 7.81. The molecule has 0 aromatic heterocycles. The summed E-state index contributed by atoms with van der Waals surface area (Å²) in [5.41, 5.74) is 4.67. The molecule has 3 aromatic carbocycles. The standard InChI is InChI=1S/C26H28N2O2S/c1-3-24-26-22(17-28(24)31(29,30)20-15-13-18(2)14-16-20)25(19-9-5-4-6-10-19)21-11-7-8-12-23(21)27-26/h4-16,22,24-27H,3,17H2,1-2H3. The Morgan fingerprint density at radius 1 is 0.935 bits per heavy atom. The number of hydrogen-bond acceptors (Lipinski definition) is 3. The zero-order valence-electron chi connectivity index (χ0n) is 17.9. The number of benzene rings is 3. The van der Waals surface area contributed by atoms with Gasteiger partial charge in [0.2, 0.25) is 10.0 Å². The predicted molar refractivity (Wildman–Crippen MR) is 125 cm³/mol. The molecule has 1 fully saturated rings. The van der Waals surface area contributed by atoms with Gasteiger partial charge in [-0.05, 0) is 42.7 Å². The lowest BCUT2D eigenvalue weighted by Crippen LogP contribution is -2.44. The quantitative estimate of drug-likeness (QED) is 0.630. The van der Waals surface area contributed by atoms with Gasteiger partial charge in [0, 0.05) is 36.2 Å². The Morgan fingerprint density at radius 2 is 1.61 bits per heavy atom. The van der Waals surface area contributed by atoms with E-state index in [1.165, 1.54) is 11.1 Å². The lowest BCUT2D eigenvalue weighted by Gasteiger charge is -2.38. The highest BCUT2D eigenvalue weighted by Gasteiger charge is 2.51. The summed E-state index contributed by atoms with van der Waals surface area (Å²) in [5, 5.41) is 3.72. The van der Waals surface area contributed by atoms with Crippen LogP contribution in [0.3, 0.4) is 0 Å². The van der Waals surface area contributed by atoms with Crippen molar-refractivity contribution < 1.29 is 8.42 Å². The predicted octanol–water partition coefficient (Wildman–Crippen LogP) is 5.02.